The normalized spacial score (nSPS) is 14.6. The van der Waals surface area contributed by atoms with Gasteiger partial charge in [0.1, 0.15) is 4.87 Å². The zero-order chi connectivity index (χ0) is 14.4. The number of alkyl halides is 1. The van der Waals surface area contributed by atoms with E-state index in [-0.39, 0.29) is 0 Å². The molecule has 0 nitrogen and oxygen atoms in total. The summed E-state index contributed by atoms with van der Waals surface area (Å²) in [4.78, 5) is -0.641. The summed E-state index contributed by atoms with van der Waals surface area (Å²) in [5, 5.41) is 0.721. The van der Waals surface area contributed by atoms with Crippen LogP contribution in [0.5, 0.6) is 0 Å². The van der Waals surface area contributed by atoms with Gasteiger partial charge in [-0.15, -0.1) is 11.6 Å². The lowest BCUT2D eigenvalue weighted by Crippen LogP contribution is -2.18. The van der Waals surface area contributed by atoms with Crippen LogP contribution in [0.4, 0.5) is 0 Å². The van der Waals surface area contributed by atoms with Crippen LogP contribution in [0.1, 0.15) is 16.7 Å². The quantitative estimate of drug-likeness (QED) is 0.494. The Labute approximate surface area is 134 Å². The largest absolute Gasteiger partial charge is 0.121 e. The fourth-order valence-corrected chi connectivity index (χ4v) is 3.75. The van der Waals surface area contributed by atoms with Gasteiger partial charge in [-0.25, -0.2) is 0 Å². The first kappa shape index (κ1) is 12.9. The van der Waals surface area contributed by atoms with Gasteiger partial charge in [-0.3, -0.25) is 0 Å². The maximum Gasteiger partial charge on any atom is 0.121 e. The van der Waals surface area contributed by atoms with Gasteiger partial charge >= 0.3 is 0 Å². The van der Waals surface area contributed by atoms with Crippen molar-refractivity contribution >= 4 is 23.2 Å². The van der Waals surface area contributed by atoms with Gasteiger partial charge in [0.05, 0.1) is 0 Å². The summed E-state index contributed by atoms with van der Waals surface area (Å²) in [6, 6.07) is 24.5. The van der Waals surface area contributed by atoms with Gasteiger partial charge in [0.25, 0.3) is 0 Å². The molecule has 1 aliphatic carbocycles. The van der Waals surface area contributed by atoms with E-state index in [0.29, 0.717) is 0 Å². The summed E-state index contributed by atoms with van der Waals surface area (Å²) < 4.78 is 0. The van der Waals surface area contributed by atoms with E-state index in [1.54, 1.807) is 0 Å². The van der Waals surface area contributed by atoms with Gasteiger partial charge in [0.2, 0.25) is 0 Å². The molecule has 21 heavy (non-hydrogen) atoms. The second kappa shape index (κ2) is 4.62. The summed E-state index contributed by atoms with van der Waals surface area (Å²) in [5.41, 5.74) is 5.73. The fraction of sp³-hybridized carbons (Fsp3) is 0.0526. The molecule has 0 unspecified atom stereocenters. The first-order valence-corrected chi connectivity index (χ1v) is 7.61. The second-order valence-corrected chi connectivity index (χ2v) is 6.26. The Morgan fingerprint density at radius 3 is 1.62 bits per heavy atom. The highest BCUT2D eigenvalue weighted by atomic mass is 35.5. The molecule has 0 saturated carbocycles. The zero-order valence-corrected chi connectivity index (χ0v) is 12.7. The molecule has 0 spiro atoms. The lowest BCUT2D eigenvalue weighted by Gasteiger charge is -2.25. The third kappa shape index (κ3) is 1.76. The van der Waals surface area contributed by atoms with Crippen molar-refractivity contribution in [3.05, 3.63) is 94.5 Å². The van der Waals surface area contributed by atoms with E-state index in [4.69, 9.17) is 23.2 Å². The fourth-order valence-electron chi connectivity index (χ4n) is 3.17. The van der Waals surface area contributed by atoms with E-state index >= 15 is 0 Å². The number of fused-ring (bicyclic) bond motifs is 3. The molecule has 3 aromatic rings. The Balaban J connectivity index is 2.06. The minimum atomic E-state index is -0.641. The molecular formula is C19H12Cl2. The first-order valence-electron chi connectivity index (χ1n) is 6.85. The number of hydrogen-bond acceptors (Lipinski definition) is 0. The molecule has 102 valence electrons. The van der Waals surface area contributed by atoms with Crippen molar-refractivity contribution < 1.29 is 0 Å². The zero-order valence-electron chi connectivity index (χ0n) is 11.2. The van der Waals surface area contributed by atoms with E-state index in [1.807, 2.05) is 36.4 Å². The minimum Gasteiger partial charge on any atom is -0.103 e. The molecule has 0 aromatic heterocycles. The molecule has 0 bridgehead atoms. The van der Waals surface area contributed by atoms with Gasteiger partial charge in [-0.05, 0) is 39.9 Å². The van der Waals surface area contributed by atoms with Gasteiger partial charge in [0.15, 0.2) is 0 Å². The average molecular weight is 311 g/mol. The van der Waals surface area contributed by atoms with E-state index in [0.717, 1.165) is 21.7 Å². The topological polar surface area (TPSA) is 0 Å². The average Bonchev–Trinajstić information content (AvgIpc) is 2.80. The Morgan fingerprint density at radius 2 is 1.10 bits per heavy atom. The van der Waals surface area contributed by atoms with Crippen LogP contribution >= 0.6 is 23.2 Å². The lowest BCUT2D eigenvalue weighted by molar-refractivity contribution is 0.911. The van der Waals surface area contributed by atoms with Gasteiger partial charge in [-0.2, -0.15) is 0 Å². The Morgan fingerprint density at radius 1 is 0.619 bits per heavy atom. The molecule has 0 heterocycles. The Hall–Kier alpha value is -1.76. The summed E-state index contributed by atoms with van der Waals surface area (Å²) in [7, 11) is 0. The van der Waals surface area contributed by atoms with Crippen molar-refractivity contribution in [2.75, 3.05) is 0 Å². The predicted molar refractivity (Wildman–Crippen MR) is 89.1 cm³/mol. The van der Waals surface area contributed by atoms with E-state index in [9.17, 15) is 0 Å². The molecule has 2 heteroatoms. The van der Waals surface area contributed by atoms with E-state index < -0.39 is 4.87 Å². The highest BCUT2D eigenvalue weighted by Crippen LogP contribution is 2.54. The number of halogens is 2. The maximum atomic E-state index is 7.17. The first-order chi connectivity index (χ1) is 10.2. The maximum absolute atomic E-state index is 7.17. The van der Waals surface area contributed by atoms with Crippen molar-refractivity contribution in [1.82, 2.24) is 0 Å². The monoisotopic (exact) mass is 310 g/mol. The summed E-state index contributed by atoms with van der Waals surface area (Å²) in [6.45, 7) is 0. The summed E-state index contributed by atoms with van der Waals surface area (Å²) >= 11 is 13.2. The van der Waals surface area contributed by atoms with E-state index in [2.05, 4.69) is 36.4 Å². The third-order valence-electron chi connectivity index (χ3n) is 4.13. The predicted octanol–water partition coefficient (Wildman–Crippen LogP) is 5.85. The number of hydrogen-bond donors (Lipinski definition) is 0. The molecule has 0 saturated heterocycles. The molecule has 0 aliphatic heterocycles. The van der Waals surface area contributed by atoms with Crippen molar-refractivity contribution in [2.24, 2.45) is 0 Å². The standard InChI is InChI=1S/C19H12Cl2/c20-14-11-9-13(10-12-14)19(21)17-7-3-1-5-15(17)16-6-2-4-8-18(16)19/h1-12H. The third-order valence-corrected chi connectivity index (χ3v) is 5.01. The molecule has 0 fully saturated rings. The van der Waals surface area contributed by atoms with Crippen LogP contribution in [0, 0.1) is 0 Å². The van der Waals surface area contributed by atoms with Crippen molar-refractivity contribution in [2.45, 2.75) is 4.87 Å². The van der Waals surface area contributed by atoms with Crippen molar-refractivity contribution in [1.29, 1.82) is 0 Å². The van der Waals surface area contributed by atoms with Crippen LogP contribution in [-0.2, 0) is 4.87 Å². The van der Waals surface area contributed by atoms with Crippen molar-refractivity contribution in [3.8, 4) is 11.1 Å². The van der Waals surface area contributed by atoms with Crippen LogP contribution in [0.2, 0.25) is 5.02 Å². The second-order valence-electron chi connectivity index (χ2n) is 5.26. The van der Waals surface area contributed by atoms with Crippen LogP contribution in [0.3, 0.4) is 0 Å². The Bertz CT molecular complexity index is 773. The molecule has 3 aromatic carbocycles. The molecule has 0 amide bonds. The highest BCUT2D eigenvalue weighted by Gasteiger charge is 2.42. The molecular weight excluding hydrogens is 299 g/mol. The summed E-state index contributed by atoms with van der Waals surface area (Å²) in [6.07, 6.45) is 0. The van der Waals surface area contributed by atoms with Crippen LogP contribution in [0.25, 0.3) is 11.1 Å². The van der Waals surface area contributed by atoms with Crippen molar-refractivity contribution in [3.63, 3.8) is 0 Å². The van der Waals surface area contributed by atoms with Crippen LogP contribution < -0.4 is 0 Å². The molecule has 0 N–H and O–H groups in total. The molecule has 4 rings (SSSR count). The van der Waals surface area contributed by atoms with Crippen LogP contribution in [0.15, 0.2) is 72.8 Å². The number of rotatable bonds is 1. The van der Waals surface area contributed by atoms with Gasteiger partial charge < -0.3 is 0 Å². The summed E-state index contributed by atoms with van der Waals surface area (Å²) in [5.74, 6) is 0. The molecule has 1 aliphatic rings. The molecule has 0 atom stereocenters. The lowest BCUT2D eigenvalue weighted by atomic mass is 9.88. The van der Waals surface area contributed by atoms with Gasteiger partial charge in [0, 0.05) is 5.02 Å². The number of benzene rings is 3. The molecule has 0 radical (unpaired) electrons. The van der Waals surface area contributed by atoms with Gasteiger partial charge in [-0.1, -0.05) is 72.3 Å². The smallest absolute Gasteiger partial charge is 0.103 e. The minimum absolute atomic E-state index is 0.641. The highest BCUT2D eigenvalue weighted by molar-refractivity contribution is 6.31. The van der Waals surface area contributed by atoms with Crippen LogP contribution in [-0.4, -0.2) is 0 Å². The Kier molecular flexibility index (Phi) is 2.85. The van der Waals surface area contributed by atoms with E-state index in [1.165, 1.54) is 11.1 Å². The SMILES string of the molecule is Clc1ccc(C2(Cl)c3ccccc3-c3ccccc32)cc1.